The molecule has 6 aromatic carbocycles. The minimum atomic E-state index is -5.46. The molecular formula is C34H22N7Na3O12S3. The van der Waals surface area contributed by atoms with Gasteiger partial charge in [-0.15, -0.1) is 15.3 Å². The van der Waals surface area contributed by atoms with Crippen molar-refractivity contribution in [1.82, 2.24) is 0 Å². The van der Waals surface area contributed by atoms with Crippen LogP contribution in [0.1, 0.15) is 0 Å². The molecule has 0 heterocycles. The molecule has 0 saturated carbocycles. The van der Waals surface area contributed by atoms with E-state index in [1.807, 2.05) is 0 Å². The van der Waals surface area contributed by atoms with Crippen molar-refractivity contribution in [1.29, 1.82) is 0 Å². The summed E-state index contributed by atoms with van der Waals surface area (Å²) in [5.41, 5.74) is 5.96. The van der Waals surface area contributed by atoms with Crippen molar-refractivity contribution < 1.29 is 143 Å². The van der Waals surface area contributed by atoms with Gasteiger partial charge in [-0.3, -0.25) is 0 Å². The fourth-order valence-electron chi connectivity index (χ4n) is 5.14. The fraction of sp³-hybridized carbons (Fsp3) is 0. The largest absolute Gasteiger partial charge is 1.00 e. The van der Waals surface area contributed by atoms with Crippen LogP contribution in [0.4, 0.5) is 39.8 Å². The number of phenolic OH excluding ortho intramolecular Hbond substituents is 3. The Bertz CT molecular complexity index is 2980. The molecule has 0 amide bonds. The monoisotopic (exact) mass is 885 g/mol. The number of benzene rings is 6. The number of fused-ring (bicyclic) bond motifs is 1. The molecule has 0 saturated heterocycles. The average molecular weight is 886 g/mol. The van der Waals surface area contributed by atoms with Gasteiger partial charge < -0.3 is 34.7 Å². The SMILES string of the molecule is Nc1c(N=Nc2ccc(-c3ccc(N=Nc4ccc(O)cc4O)cc3)cc2)c(S(=O)(=O)[O-])cc2cc(S(=O)(=O)[O-])c(N=Nc3ccc(S(=O)(=O)[O-])cc3)c(O)c12.[Na+].[Na+].[Na+]. The van der Waals surface area contributed by atoms with Crippen LogP contribution in [0.15, 0.2) is 149 Å². The van der Waals surface area contributed by atoms with Crippen LogP contribution in [-0.2, 0) is 30.4 Å². The summed E-state index contributed by atoms with van der Waals surface area (Å²) in [6.07, 6.45) is 0. The summed E-state index contributed by atoms with van der Waals surface area (Å²) in [6, 6.07) is 22.1. The van der Waals surface area contributed by atoms with E-state index >= 15 is 0 Å². The number of hydrogen-bond donors (Lipinski definition) is 4. The van der Waals surface area contributed by atoms with Crippen molar-refractivity contribution in [2.45, 2.75) is 14.7 Å². The van der Waals surface area contributed by atoms with Crippen LogP contribution in [0, 0.1) is 0 Å². The second-order valence-corrected chi connectivity index (χ2v) is 15.6. The minimum absolute atomic E-state index is 0. The van der Waals surface area contributed by atoms with Crippen LogP contribution in [0.3, 0.4) is 0 Å². The predicted molar refractivity (Wildman–Crippen MR) is 195 cm³/mol. The third-order valence-electron chi connectivity index (χ3n) is 7.81. The number of azo groups is 3. The second-order valence-electron chi connectivity index (χ2n) is 11.5. The number of nitrogen functional groups attached to an aromatic ring is 1. The Morgan fingerprint density at radius 2 is 0.915 bits per heavy atom. The molecule has 0 fully saturated rings. The molecule has 6 aromatic rings. The molecule has 59 heavy (non-hydrogen) atoms. The number of hydrogen-bond acceptors (Lipinski definition) is 19. The molecule has 0 bridgehead atoms. The maximum atomic E-state index is 12.3. The summed E-state index contributed by atoms with van der Waals surface area (Å²) < 4.78 is 107. The van der Waals surface area contributed by atoms with Crippen molar-refractivity contribution in [3.63, 3.8) is 0 Å². The molecule has 25 heteroatoms. The van der Waals surface area contributed by atoms with E-state index in [1.54, 1.807) is 36.4 Å². The Morgan fingerprint density at radius 3 is 1.36 bits per heavy atom. The van der Waals surface area contributed by atoms with Gasteiger partial charge in [-0.1, -0.05) is 24.3 Å². The molecule has 0 spiro atoms. The summed E-state index contributed by atoms with van der Waals surface area (Å²) in [5.74, 6) is -1.45. The molecule has 0 unspecified atom stereocenters. The summed E-state index contributed by atoms with van der Waals surface area (Å²) in [4.78, 5) is -2.84. The Kier molecular flexibility index (Phi) is 16.7. The summed E-state index contributed by atoms with van der Waals surface area (Å²) in [6.45, 7) is 0. The number of nitrogens with two attached hydrogens (primary N) is 1. The van der Waals surface area contributed by atoms with E-state index in [0.29, 0.717) is 23.4 Å². The molecule has 0 aliphatic heterocycles. The standard InChI is InChI=1S/C34H25N7O12S3.3Na/c35-31-30-20(16-29(56(51,52)53)33(34(30)44)41-38-23-9-12-25(13-10-23)54(45,46)47)15-28(55(48,49)50)32(31)40-37-22-7-3-19(4-8-22)18-1-5-21(6-2-18)36-39-26-14-11-24(42)17-27(26)43;;;/h1-17,42-44H,35H2,(H,45,46,47)(H,48,49,50)(H,51,52,53);;;/q;3*+1/p-3. The van der Waals surface area contributed by atoms with Gasteiger partial charge in [0.1, 0.15) is 58.9 Å². The zero-order valence-corrected chi connectivity index (χ0v) is 39.3. The Hall–Kier alpha value is -3.69. The normalized spacial score (nSPS) is 12.1. The summed E-state index contributed by atoms with van der Waals surface area (Å²) >= 11 is 0. The van der Waals surface area contributed by atoms with Crippen LogP contribution < -0.4 is 94.4 Å². The molecule has 19 nitrogen and oxygen atoms in total. The third-order valence-corrected chi connectivity index (χ3v) is 10.4. The average Bonchev–Trinajstić information content (AvgIpc) is 3.13. The van der Waals surface area contributed by atoms with Crippen molar-refractivity contribution >= 4 is 80.9 Å². The van der Waals surface area contributed by atoms with E-state index in [4.69, 9.17) is 5.73 Å². The van der Waals surface area contributed by atoms with Gasteiger partial charge in [0.15, 0.2) is 5.75 Å². The molecule has 5 N–H and O–H groups in total. The number of anilines is 1. The first-order valence-corrected chi connectivity index (χ1v) is 19.6. The molecule has 6 rings (SSSR count). The van der Waals surface area contributed by atoms with Gasteiger partial charge in [0.05, 0.1) is 42.8 Å². The fourth-order valence-corrected chi connectivity index (χ4v) is 6.91. The van der Waals surface area contributed by atoms with Gasteiger partial charge >= 0.3 is 88.7 Å². The zero-order chi connectivity index (χ0) is 40.6. The van der Waals surface area contributed by atoms with Gasteiger partial charge in [-0.2, -0.15) is 15.3 Å². The minimum Gasteiger partial charge on any atom is -0.744 e. The van der Waals surface area contributed by atoms with Gasteiger partial charge in [-0.25, -0.2) is 25.3 Å². The molecule has 0 radical (unpaired) electrons. The number of aromatic hydroxyl groups is 3. The Balaban J connectivity index is 0.00000310. The number of phenols is 3. The van der Waals surface area contributed by atoms with E-state index in [9.17, 15) is 54.2 Å². The number of nitrogens with zero attached hydrogens (tertiary/aromatic N) is 6. The summed E-state index contributed by atoms with van der Waals surface area (Å²) in [7, 11) is -15.7. The quantitative estimate of drug-likeness (QED) is 0.0510. The van der Waals surface area contributed by atoms with Crippen LogP contribution in [0.2, 0.25) is 0 Å². The molecule has 0 aliphatic carbocycles. The van der Waals surface area contributed by atoms with E-state index in [1.165, 1.54) is 24.3 Å². The molecular weight excluding hydrogens is 864 g/mol. The first-order valence-electron chi connectivity index (χ1n) is 15.4. The van der Waals surface area contributed by atoms with Crippen LogP contribution in [0.25, 0.3) is 21.9 Å². The van der Waals surface area contributed by atoms with Gasteiger partial charge in [0, 0.05) is 6.07 Å². The van der Waals surface area contributed by atoms with Gasteiger partial charge in [0.25, 0.3) is 0 Å². The zero-order valence-electron chi connectivity index (χ0n) is 30.8. The second kappa shape index (κ2) is 19.8. The van der Waals surface area contributed by atoms with Crippen LogP contribution >= 0.6 is 0 Å². The Morgan fingerprint density at radius 1 is 0.492 bits per heavy atom. The first kappa shape index (κ1) is 49.7. The maximum absolute atomic E-state index is 12.3. The summed E-state index contributed by atoms with van der Waals surface area (Å²) in [5, 5.41) is 52.8. The van der Waals surface area contributed by atoms with E-state index in [0.717, 1.165) is 35.9 Å². The van der Waals surface area contributed by atoms with Crippen molar-refractivity contribution in [3.05, 3.63) is 103 Å². The molecule has 0 aliphatic rings. The van der Waals surface area contributed by atoms with Gasteiger partial charge in [0.2, 0.25) is 0 Å². The Labute approximate surface area is 402 Å². The van der Waals surface area contributed by atoms with Crippen LogP contribution in [-0.4, -0.2) is 54.2 Å². The smallest absolute Gasteiger partial charge is 0.744 e. The predicted octanol–water partition coefficient (Wildman–Crippen LogP) is -1.82. The maximum Gasteiger partial charge on any atom is 1.00 e. The molecule has 0 aromatic heterocycles. The van der Waals surface area contributed by atoms with E-state index < -0.39 is 78.6 Å². The number of rotatable bonds is 10. The van der Waals surface area contributed by atoms with E-state index in [-0.39, 0.29) is 117 Å². The van der Waals surface area contributed by atoms with Crippen molar-refractivity contribution in [2.24, 2.45) is 30.7 Å². The third kappa shape index (κ3) is 11.8. The van der Waals surface area contributed by atoms with E-state index in [2.05, 4.69) is 30.7 Å². The first-order chi connectivity index (χ1) is 26.3. The van der Waals surface area contributed by atoms with Gasteiger partial charge in [-0.05, 0) is 89.3 Å². The van der Waals surface area contributed by atoms with Crippen LogP contribution in [0.5, 0.6) is 17.2 Å². The topological polar surface area (TPSA) is 332 Å². The molecule has 286 valence electrons. The van der Waals surface area contributed by atoms with Crippen molar-refractivity contribution in [3.8, 4) is 28.4 Å². The van der Waals surface area contributed by atoms with Crippen molar-refractivity contribution in [2.75, 3.05) is 5.73 Å². The molecule has 0 atom stereocenters.